The van der Waals surface area contributed by atoms with Crippen LogP contribution in [0.5, 0.6) is 0 Å². The third-order valence-corrected chi connectivity index (χ3v) is 15.0. The van der Waals surface area contributed by atoms with Gasteiger partial charge in [0.2, 0.25) is 0 Å². The number of benzene rings is 2. The molecule has 2 fully saturated rings. The van der Waals surface area contributed by atoms with E-state index in [1.807, 2.05) is 19.9 Å². The van der Waals surface area contributed by atoms with E-state index in [1.165, 1.54) is 10.4 Å². The molecule has 5 atom stereocenters. The van der Waals surface area contributed by atoms with E-state index in [0.717, 1.165) is 12.7 Å². The maximum atomic E-state index is 9.63. The summed E-state index contributed by atoms with van der Waals surface area (Å²) >= 11 is 0. The minimum Gasteiger partial charge on any atom is -0.398 e. The first-order chi connectivity index (χ1) is 20.8. The van der Waals surface area contributed by atoms with Gasteiger partial charge < -0.3 is 33.2 Å². The fourth-order valence-electron chi connectivity index (χ4n) is 6.01. The van der Waals surface area contributed by atoms with Crippen molar-refractivity contribution in [2.45, 2.75) is 108 Å². The summed E-state index contributed by atoms with van der Waals surface area (Å²) in [5, 5.41) is 11.8. The van der Waals surface area contributed by atoms with E-state index in [0.29, 0.717) is 13.0 Å². The van der Waals surface area contributed by atoms with Gasteiger partial charge in [-0.1, -0.05) is 113 Å². The molecule has 0 spiro atoms. The van der Waals surface area contributed by atoms with Gasteiger partial charge in [0.25, 0.3) is 8.32 Å². The van der Waals surface area contributed by atoms with Crippen molar-refractivity contribution in [2.24, 2.45) is 0 Å². The minimum atomic E-state index is -2.92. The third kappa shape index (κ3) is 9.21. The van der Waals surface area contributed by atoms with Crippen LogP contribution in [-0.4, -0.2) is 84.4 Å². The molecule has 44 heavy (non-hydrogen) atoms. The van der Waals surface area contributed by atoms with Gasteiger partial charge in [0.1, 0.15) is 19.0 Å². The van der Waals surface area contributed by atoms with E-state index in [9.17, 15) is 5.11 Å². The Labute approximate surface area is 267 Å². The molecule has 0 aliphatic carbocycles. The molecule has 4 rings (SSSR count). The minimum absolute atomic E-state index is 0.00550. The standard InChI is InChI=1S/C35H54O7Si2/c1-34(2,3)44(27-16-11-9-12-17-27,28-18-13-10-14-19-28)42-29(20-15-21-37-26-38-22-23-43(6,7)8)33-31(40-35(4,5)41-33)24-30-32(25-36)39-30/h9-20,29-33,36H,21-26H2,1-8H3/b20-15+/t29-,30-,31+,32+,33-/m0/s1. The largest absolute Gasteiger partial charge is 0.398 e. The van der Waals surface area contributed by atoms with E-state index >= 15 is 0 Å². The highest BCUT2D eigenvalue weighted by Crippen LogP contribution is 2.42. The molecule has 2 aliphatic heterocycles. The highest BCUT2D eigenvalue weighted by atomic mass is 28.4. The average molecular weight is 643 g/mol. The van der Waals surface area contributed by atoms with Crippen LogP contribution in [-0.2, 0) is 28.1 Å². The second kappa shape index (κ2) is 14.8. The molecule has 2 aliphatic rings. The second-order valence-corrected chi connectivity index (χ2v) is 24.5. The number of hydrogen-bond acceptors (Lipinski definition) is 7. The van der Waals surface area contributed by atoms with E-state index < -0.39 is 28.3 Å². The van der Waals surface area contributed by atoms with Crippen molar-refractivity contribution >= 4 is 26.8 Å². The molecule has 0 amide bonds. The number of hydrogen-bond donors (Lipinski definition) is 1. The number of epoxide rings is 1. The fourth-order valence-corrected chi connectivity index (χ4v) is 11.4. The summed E-state index contributed by atoms with van der Waals surface area (Å²) in [6.07, 6.45) is 3.42. The summed E-state index contributed by atoms with van der Waals surface area (Å²) in [7, 11) is -4.07. The lowest BCUT2D eigenvalue weighted by atomic mass is 10.0. The highest BCUT2D eigenvalue weighted by Gasteiger charge is 2.55. The predicted molar refractivity (Wildman–Crippen MR) is 181 cm³/mol. The lowest BCUT2D eigenvalue weighted by molar-refractivity contribution is -0.152. The molecule has 0 radical (unpaired) electrons. The smallest absolute Gasteiger partial charge is 0.262 e. The monoisotopic (exact) mass is 642 g/mol. The van der Waals surface area contributed by atoms with Crippen LogP contribution in [0.3, 0.4) is 0 Å². The Morgan fingerprint density at radius 2 is 1.50 bits per heavy atom. The van der Waals surface area contributed by atoms with Gasteiger partial charge in [-0.3, -0.25) is 0 Å². The molecule has 2 aromatic carbocycles. The molecule has 0 bridgehead atoms. The van der Waals surface area contributed by atoms with Gasteiger partial charge in [-0.05, 0) is 35.3 Å². The first-order valence-electron chi connectivity index (χ1n) is 16.0. The predicted octanol–water partition coefficient (Wildman–Crippen LogP) is 5.49. The van der Waals surface area contributed by atoms with Gasteiger partial charge in [0, 0.05) is 21.1 Å². The Morgan fingerprint density at radius 1 is 0.886 bits per heavy atom. The molecule has 1 N–H and O–H groups in total. The SMILES string of the molecule is CC1(C)O[C@@H]([C@H](/C=C/COCOCC[Si](C)(C)C)O[Si](c2ccccc2)(c2ccccc2)C(C)(C)C)[C@@H](C[C@@H]2O[C@@H]2CO)O1. The van der Waals surface area contributed by atoms with E-state index in [-0.39, 0.29) is 42.9 Å². The van der Waals surface area contributed by atoms with Crippen molar-refractivity contribution in [1.29, 1.82) is 0 Å². The maximum absolute atomic E-state index is 9.63. The van der Waals surface area contributed by atoms with E-state index in [1.54, 1.807) is 0 Å². The van der Waals surface area contributed by atoms with Crippen molar-refractivity contribution in [1.82, 2.24) is 0 Å². The van der Waals surface area contributed by atoms with Gasteiger partial charge in [-0.25, -0.2) is 0 Å². The fraction of sp³-hybridized carbons (Fsp3) is 0.600. The van der Waals surface area contributed by atoms with Crippen molar-refractivity contribution < 1.29 is 33.2 Å². The summed E-state index contributed by atoms with van der Waals surface area (Å²) in [6, 6.07) is 22.4. The molecule has 9 heteroatoms. The lowest BCUT2D eigenvalue weighted by Gasteiger charge is -2.45. The van der Waals surface area contributed by atoms with Gasteiger partial charge in [0.05, 0.1) is 31.5 Å². The van der Waals surface area contributed by atoms with Crippen LogP contribution >= 0.6 is 0 Å². The van der Waals surface area contributed by atoms with E-state index in [2.05, 4.69) is 107 Å². The van der Waals surface area contributed by atoms with Crippen molar-refractivity contribution in [3.8, 4) is 0 Å². The number of aliphatic hydroxyl groups is 1. The molecule has 244 valence electrons. The van der Waals surface area contributed by atoms with Crippen molar-refractivity contribution in [2.75, 3.05) is 26.6 Å². The number of aliphatic hydroxyl groups excluding tert-OH is 1. The maximum Gasteiger partial charge on any atom is 0.262 e. The molecule has 0 unspecified atom stereocenters. The summed E-state index contributed by atoms with van der Waals surface area (Å²) < 4.78 is 38.0. The zero-order chi connectivity index (χ0) is 32.0. The van der Waals surface area contributed by atoms with Crippen LogP contribution in [0.4, 0.5) is 0 Å². The number of ether oxygens (including phenoxy) is 5. The summed E-state index contributed by atoms with van der Waals surface area (Å²) in [4.78, 5) is 0. The van der Waals surface area contributed by atoms with Crippen molar-refractivity contribution in [3.05, 3.63) is 72.8 Å². The van der Waals surface area contributed by atoms with Crippen molar-refractivity contribution in [3.63, 3.8) is 0 Å². The molecular formula is C35H54O7Si2. The summed E-state index contributed by atoms with van der Waals surface area (Å²) in [6.45, 7) is 19.1. The first-order valence-corrected chi connectivity index (χ1v) is 21.6. The quantitative estimate of drug-likeness (QED) is 0.0854. The van der Waals surface area contributed by atoms with Gasteiger partial charge >= 0.3 is 0 Å². The normalized spacial score (nSPS) is 24.6. The average Bonchev–Trinajstić information content (AvgIpc) is 3.64. The van der Waals surface area contributed by atoms with Crippen LogP contribution in [0.1, 0.15) is 41.0 Å². The Morgan fingerprint density at radius 3 is 2.02 bits per heavy atom. The van der Waals surface area contributed by atoms with Gasteiger partial charge in [0.15, 0.2) is 5.79 Å². The molecule has 2 aromatic rings. The first kappa shape index (κ1) is 35.2. The highest BCUT2D eigenvalue weighted by molar-refractivity contribution is 6.99. The summed E-state index contributed by atoms with van der Waals surface area (Å²) in [5.41, 5.74) is 0. The Bertz CT molecular complexity index is 1140. The lowest BCUT2D eigenvalue weighted by Crippen LogP contribution is -2.68. The van der Waals surface area contributed by atoms with Gasteiger partial charge in [-0.2, -0.15) is 0 Å². The molecular weight excluding hydrogens is 589 g/mol. The summed E-state index contributed by atoms with van der Waals surface area (Å²) in [5.74, 6) is -0.791. The van der Waals surface area contributed by atoms with E-state index in [4.69, 9.17) is 28.1 Å². The molecule has 7 nitrogen and oxygen atoms in total. The Hall–Kier alpha value is -1.67. The molecule has 2 saturated heterocycles. The van der Waals surface area contributed by atoms with Crippen LogP contribution in [0.2, 0.25) is 30.7 Å². The topological polar surface area (TPSA) is 78.9 Å². The Kier molecular flexibility index (Phi) is 11.9. The molecule has 0 saturated carbocycles. The number of rotatable bonds is 16. The zero-order valence-electron chi connectivity index (χ0n) is 28.0. The Balaban J connectivity index is 1.65. The third-order valence-electron chi connectivity index (χ3n) is 8.31. The van der Waals surface area contributed by atoms with Crippen LogP contribution < -0.4 is 10.4 Å². The van der Waals surface area contributed by atoms with Crippen LogP contribution in [0.25, 0.3) is 0 Å². The van der Waals surface area contributed by atoms with Crippen LogP contribution in [0.15, 0.2) is 72.8 Å². The van der Waals surface area contributed by atoms with Gasteiger partial charge in [-0.15, -0.1) is 0 Å². The molecule has 0 aromatic heterocycles. The molecule has 2 heterocycles. The second-order valence-electron chi connectivity index (χ2n) is 14.7. The zero-order valence-corrected chi connectivity index (χ0v) is 30.0. The van der Waals surface area contributed by atoms with Crippen LogP contribution in [0, 0.1) is 0 Å².